The fourth-order valence-electron chi connectivity index (χ4n) is 10.6. The van der Waals surface area contributed by atoms with E-state index in [2.05, 4.69) is 107 Å². The second-order valence-corrected chi connectivity index (χ2v) is 29.2. The quantitative estimate of drug-likeness (QED) is 0.0169. The van der Waals surface area contributed by atoms with Gasteiger partial charge in [-0.05, 0) is 96.3 Å². The van der Waals surface area contributed by atoms with Gasteiger partial charge in [0, 0.05) is 25.7 Å². The number of phosphoric ester groups is 2. The van der Waals surface area contributed by atoms with E-state index in [4.69, 9.17) is 37.0 Å². The fraction of sp³-hybridized carbons (Fsp3) is 0.753. The van der Waals surface area contributed by atoms with Crippen LogP contribution in [0.1, 0.15) is 336 Å². The molecular formula is C81H142O17P2. The van der Waals surface area contributed by atoms with Crippen molar-refractivity contribution < 1.29 is 80.2 Å². The molecule has 0 rings (SSSR count). The van der Waals surface area contributed by atoms with Crippen molar-refractivity contribution in [2.45, 2.75) is 354 Å². The molecule has 0 spiro atoms. The van der Waals surface area contributed by atoms with Crippen LogP contribution in [0.4, 0.5) is 0 Å². The van der Waals surface area contributed by atoms with Crippen LogP contribution >= 0.6 is 15.6 Å². The van der Waals surface area contributed by atoms with Gasteiger partial charge in [0.25, 0.3) is 0 Å². The third-order valence-corrected chi connectivity index (χ3v) is 18.5. The van der Waals surface area contributed by atoms with Crippen LogP contribution in [0.25, 0.3) is 0 Å². The molecular weight excluding hydrogens is 1310 g/mol. The standard InChI is InChI=1S/C81H142O17P2/c1-5-9-13-17-21-25-29-33-35-36-37-38-40-44-46-50-54-58-62-66-79(84)92-72-77(98-81(86)68-64-60-56-52-48-42-32-28-24-20-16-12-8-4)74-96-100(89,90)94-70-75(82)69-93-99(87,88)95-73-76(97-80(85)67-63-59-55-51-47-41-31-27-23-19-15-11-7-3)71-91-78(83)65-61-57-53-49-45-43-39-34-30-26-22-18-14-10-6-2/h9,13,21-22,25-26,33-35,37-39,44,46,54,58,75-77,82H,5-8,10-12,14-20,23-24,27-32,36,40-43,45,47-53,55-57,59-74H2,1-4H3,(H,87,88)(H,89,90)/b13-9-,25-21-,26-22-,35-33-,38-37-,39-34-,46-44-,58-54-/t75-,76+,77+/m0/s1. The maximum atomic E-state index is 13.1. The summed E-state index contributed by atoms with van der Waals surface area (Å²) < 4.78 is 68.5. The van der Waals surface area contributed by atoms with Gasteiger partial charge in [0.15, 0.2) is 12.2 Å². The molecule has 0 aromatic carbocycles. The Morgan fingerprint density at radius 1 is 0.290 bits per heavy atom. The number of esters is 4. The molecule has 0 aliphatic rings. The SMILES string of the molecule is CC/C=C\C/C=C\C/C=C\C/C=C\C/C=C\C/C=C\CCC(=O)OC[C@H](COP(=O)(O)OC[C@@H](O)COP(=O)(O)OC[C@@H](COC(=O)CCCCCCC/C=C\C/C=C\CCCCC)OC(=O)CCCCCCCCCCCCCCC)OC(=O)CCCCCCCCCCCCCCC. The van der Waals surface area contributed by atoms with Crippen molar-refractivity contribution >= 4 is 39.5 Å². The number of rotatable bonds is 74. The highest BCUT2D eigenvalue weighted by atomic mass is 31.2. The van der Waals surface area contributed by atoms with E-state index in [0.29, 0.717) is 32.1 Å². The van der Waals surface area contributed by atoms with E-state index in [1.807, 2.05) is 18.2 Å². The van der Waals surface area contributed by atoms with Crippen molar-refractivity contribution in [2.75, 3.05) is 39.6 Å². The largest absolute Gasteiger partial charge is 0.472 e. The second-order valence-electron chi connectivity index (χ2n) is 26.3. The zero-order valence-electron chi connectivity index (χ0n) is 63.1. The highest BCUT2D eigenvalue weighted by Gasteiger charge is 2.30. The number of aliphatic hydroxyl groups is 1. The molecule has 2 unspecified atom stereocenters. The van der Waals surface area contributed by atoms with Gasteiger partial charge in [-0.15, -0.1) is 0 Å². The molecule has 0 radical (unpaired) electrons. The highest BCUT2D eigenvalue weighted by Crippen LogP contribution is 2.45. The Hall–Kier alpha value is -4.02. The van der Waals surface area contributed by atoms with Crippen LogP contribution in [-0.4, -0.2) is 96.7 Å². The summed E-state index contributed by atoms with van der Waals surface area (Å²) in [6, 6.07) is 0. The molecule has 0 aliphatic heterocycles. The molecule has 578 valence electrons. The van der Waals surface area contributed by atoms with Crippen molar-refractivity contribution in [1.29, 1.82) is 0 Å². The summed E-state index contributed by atoms with van der Waals surface area (Å²) in [6.45, 7) is 4.67. The molecule has 17 nitrogen and oxygen atoms in total. The number of aliphatic hydroxyl groups excluding tert-OH is 1. The van der Waals surface area contributed by atoms with E-state index in [1.165, 1.54) is 122 Å². The van der Waals surface area contributed by atoms with Crippen LogP contribution in [0, 0.1) is 0 Å². The number of ether oxygens (including phenoxy) is 4. The summed E-state index contributed by atoms with van der Waals surface area (Å²) in [5.41, 5.74) is 0. The van der Waals surface area contributed by atoms with Crippen LogP contribution in [0.15, 0.2) is 97.2 Å². The summed E-state index contributed by atoms with van der Waals surface area (Å²) in [4.78, 5) is 72.9. The summed E-state index contributed by atoms with van der Waals surface area (Å²) in [5.74, 6) is -2.27. The fourth-order valence-corrected chi connectivity index (χ4v) is 12.2. The number of hydrogen-bond donors (Lipinski definition) is 3. The molecule has 0 aliphatic carbocycles. The van der Waals surface area contributed by atoms with Crippen molar-refractivity contribution in [3.05, 3.63) is 97.2 Å². The van der Waals surface area contributed by atoms with Gasteiger partial charge in [0.05, 0.1) is 26.4 Å². The lowest BCUT2D eigenvalue weighted by molar-refractivity contribution is -0.161. The molecule has 0 saturated heterocycles. The summed E-state index contributed by atoms with van der Waals surface area (Å²) in [6.07, 6.45) is 76.9. The van der Waals surface area contributed by atoms with Crippen LogP contribution in [0.3, 0.4) is 0 Å². The molecule has 0 aromatic heterocycles. The number of allylic oxidation sites excluding steroid dienone is 16. The predicted molar refractivity (Wildman–Crippen MR) is 409 cm³/mol. The Morgan fingerprint density at radius 2 is 0.540 bits per heavy atom. The first-order chi connectivity index (χ1) is 48.7. The van der Waals surface area contributed by atoms with E-state index in [9.17, 15) is 43.2 Å². The van der Waals surface area contributed by atoms with Gasteiger partial charge in [-0.1, -0.05) is 311 Å². The lowest BCUT2D eigenvalue weighted by Crippen LogP contribution is -2.30. The third-order valence-electron chi connectivity index (χ3n) is 16.6. The van der Waals surface area contributed by atoms with E-state index in [1.54, 1.807) is 0 Å². The second kappa shape index (κ2) is 73.3. The molecule has 0 saturated carbocycles. The van der Waals surface area contributed by atoms with E-state index >= 15 is 0 Å². The topological polar surface area (TPSA) is 237 Å². The minimum Gasteiger partial charge on any atom is -0.462 e. The smallest absolute Gasteiger partial charge is 0.462 e. The Kier molecular flexibility index (Phi) is 70.4. The molecule has 0 fully saturated rings. The molecule has 0 bridgehead atoms. The Labute approximate surface area is 607 Å². The average molecular weight is 1450 g/mol. The van der Waals surface area contributed by atoms with Crippen molar-refractivity contribution in [2.24, 2.45) is 0 Å². The molecule has 0 aromatic rings. The zero-order chi connectivity index (χ0) is 73.2. The molecule has 5 atom stereocenters. The first-order valence-corrected chi connectivity index (χ1v) is 42.5. The lowest BCUT2D eigenvalue weighted by atomic mass is 10.0. The molecule has 100 heavy (non-hydrogen) atoms. The highest BCUT2D eigenvalue weighted by molar-refractivity contribution is 7.47. The van der Waals surface area contributed by atoms with E-state index in [0.717, 1.165) is 128 Å². The minimum absolute atomic E-state index is 0.0381. The third kappa shape index (κ3) is 72.3. The van der Waals surface area contributed by atoms with Crippen LogP contribution < -0.4 is 0 Å². The first-order valence-electron chi connectivity index (χ1n) is 39.5. The van der Waals surface area contributed by atoms with Crippen molar-refractivity contribution in [3.8, 4) is 0 Å². The number of phosphoric acid groups is 2. The van der Waals surface area contributed by atoms with Gasteiger partial charge in [-0.3, -0.25) is 37.3 Å². The van der Waals surface area contributed by atoms with Gasteiger partial charge in [0.1, 0.15) is 19.3 Å². The Balaban J connectivity index is 5.38. The van der Waals surface area contributed by atoms with E-state index < -0.39 is 97.5 Å². The predicted octanol–water partition coefficient (Wildman–Crippen LogP) is 22.8. The van der Waals surface area contributed by atoms with Gasteiger partial charge in [-0.25, -0.2) is 9.13 Å². The number of carbonyl (C=O) groups excluding carboxylic acids is 4. The maximum absolute atomic E-state index is 13.1. The van der Waals surface area contributed by atoms with E-state index in [-0.39, 0.29) is 25.7 Å². The molecule has 0 amide bonds. The van der Waals surface area contributed by atoms with Gasteiger partial charge < -0.3 is 33.8 Å². The average Bonchev–Trinajstić information content (AvgIpc) is 0.935. The van der Waals surface area contributed by atoms with Gasteiger partial charge in [-0.2, -0.15) is 0 Å². The summed E-state index contributed by atoms with van der Waals surface area (Å²) in [5, 5.41) is 10.6. The first kappa shape index (κ1) is 96.0. The molecule has 3 N–H and O–H groups in total. The van der Waals surface area contributed by atoms with Crippen LogP contribution in [0.2, 0.25) is 0 Å². The monoisotopic (exact) mass is 1450 g/mol. The summed E-state index contributed by atoms with van der Waals surface area (Å²) in [7, 11) is -9.96. The normalized spacial score (nSPS) is 14.4. The molecule has 19 heteroatoms. The maximum Gasteiger partial charge on any atom is 0.472 e. The van der Waals surface area contributed by atoms with Crippen molar-refractivity contribution in [1.82, 2.24) is 0 Å². The number of carbonyl (C=O) groups is 4. The molecule has 0 heterocycles. The van der Waals surface area contributed by atoms with Crippen LogP contribution in [0.5, 0.6) is 0 Å². The Bertz CT molecular complexity index is 2270. The number of unbranched alkanes of at least 4 members (excludes halogenated alkanes) is 32. The summed E-state index contributed by atoms with van der Waals surface area (Å²) >= 11 is 0. The van der Waals surface area contributed by atoms with Gasteiger partial charge >= 0.3 is 39.5 Å². The minimum atomic E-state index is -4.99. The lowest BCUT2D eigenvalue weighted by Gasteiger charge is -2.21. The van der Waals surface area contributed by atoms with Gasteiger partial charge in [0.2, 0.25) is 0 Å². The zero-order valence-corrected chi connectivity index (χ0v) is 64.9. The Morgan fingerprint density at radius 3 is 0.880 bits per heavy atom. The number of hydrogen-bond acceptors (Lipinski definition) is 15. The van der Waals surface area contributed by atoms with Crippen LogP contribution in [-0.2, 0) is 65.4 Å². The van der Waals surface area contributed by atoms with Crippen molar-refractivity contribution in [3.63, 3.8) is 0 Å².